The molecule has 0 saturated carbocycles. The van der Waals surface area contributed by atoms with Crippen LogP contribution in [-0.2, 0) is 0 Å². The van der Waals surface area contributed by atoms with Crippen molar-refractivity contribution in [3.05, 3.63) is 36.3 Å². The van der Waals surface area contributed by atoms with Crippen LogP contribution in [0, 0.1) is 6.92 Å². The van der Waals surface area contributed by atoms with E-state index in [-0.39, 0.29) is 0 Å². The van der Waals surface area contributed by atoms with E-state index in [2.05, 4.69) is 25.6 Å². The topological polar surface area (TPSA) is 62.7 Å². The molecule has 1 aliphatic heterocycles. The lowest BCUT2D eigenvalue weighted by atomic mass is 10.1. The monoisotopic (exact) mass is 269 g/mol. The molecule has 3 heterocycles. The SMILES string of the molecule is Cc1cc(NC2CCNCC2)nc(-c2cccnc2)n1. The van der Waals surface area contributed by atoms with Crippen LogP contribution in [0.3, 0.4) is 0 Å². The number of aryl methyl sites for hydroxylation is 1. The van der Waals surface area contributed by atoms with Crippen LogP contribution < -0.4 is 10.6 Å². The highest BCUT2D eigenvalue weighted by Gasteiger charge is 2.14. The summed E-state index contributed by atoms with van der Waals surface area (Å²) in [5.74, 6) is 1.64. The van der Waals surface area contributed by atoms with Gasteiger partial charge in [0, 0.05) is 35.8 Å². The minimum absolute atomic E-state index is 0.493. The van der Waals surface area contributed by atoms with Crippen LogP contribution in [0.15, 0.2) is 30.6 Å². The van der Waals surface area contributed by atoms with Crippen LogP contribution >= 0.6 is 0 Å². The van der Waals surface area contributed by atoms with Crippen molar-refractivity contribution >= 4 is 5.82 Å². The van der Waals surface area contributed by atoms with Gasteiger partial charge in [-0.3, -0.25) is 4.98 Å². The lowest BCUT2D eigenvalue weighted by Gasteiger charge is -2.24. The Bertz CT molecular complexity index is 564. The summed E-state index contributed by atoms with van der Waals surface area (Å²) < 4.78 is 0. The average molecular weight is 269 g/mol. The molecule has 0 amide bonds. The van der Waals surface area contributed by atoms with E-state index in [1.54, 1.807) is 12.4 Å². The van der Waals surface area contributed by atoms with Crippen molar-refractivity contribution in [2.45, 2.75) is 25.8 Å². The predicted molar refractivity (Wildman–Crippen MR) is 79.5 cm³/mol. The molecular weight excluding hydrogens is 250 g/mol. The molecule has 1 fully saturated rings. The van der Waals surface area contributed by atoms with Gasteiger partial charge in [0.25, 0.3) is 0 Å². The second-order valence-corrected chi connectivity index (χ2v) is 5.13. The number of nitrogens with zero attached hydrogens (tertiary/aromatic N) is 3. The lowest BCUT2D eigenvalue weighted by Crippen LogP contribution is -2.35. The minimum atomic E-state index is 0.493. The second-order valence-electron chi connectivity index (χ2n) is 5.13. The van der Waals surface area contributed by atoms with Crippen molar-refractivity contribution in [3.63, 3.8) is 0 Å². The molecule has 20 heavy (non-hydrogen) atoms. The van der Waals surface area contributed by atoms with Crippen molar-refractivity contribution in [1.29, 1.82) is 0 Å². The first-order valence-electron chi connectivity index (χ1n) is 7.04. The van der Waals surface area contributed by atoms with E-state index in [1.165, 1.54) is 0 Å². The van der Waals surface area contributed by atoms with Gasteiger partial charge in [0.15, 0.2) is 5.82 Å². The Morgan fingerprint density at radius 1 is 1.25 bits per heavy atom. The first-order chi connectivity index (χ1) is 9.81. The van der Waals surface area contributed by atoms with E-state index in [9.17, 15) is 0 Å². The van der Waals surface area contributed by atoms with Crippen LogP contribution in [0.2, 0.25) is 0 Å². The molecule has 0 spiro atoms. The molecule has 0 unspecified atom stereocenters. The molecule has 0 aliphatic carbocycles. The third-order valence-electron chi connectivity index (χ3n) is 3.47. The quantitative estimate of drug-likeness (QED) is 0.892. The van der Waals surface area contributed by atoms with Crippen molar-refractivity contribution in [2.75, 3.05) is 18.4 Å². The molecule has 2 aromatic rings. The minimum Gasteiger partial charge on any atom is -0.367 e. The van der Waals surface area contributed by atoms with Gasteiger partial charge in [0.1, 0.15) is 5.82 Å². The van der Waals surface area contributed by atoms with Gasteiger partial charge in [0.2, 0.25) is 0 Å². The Labute approximate surface area is 118 Å². The molecule has 0 bridgehead atoms. The Hall–Kier alpha value is -2.01. The fourth-order valence-corrected chi connectivity index (χ4v) is 2.44. The number of anilines is 1. The molecule has 5 nitrogen and oxygen atoms in total. The number of rotatable bonds is 3. The summed E-state index contributed by atoms with van der Waals surface area (Å²) in [6.07, 6.45) is 5.81. The maximum atomic E-state index is 4.62. The summed E-state index contributed by atoms with van der Waals surface area (Å²) in [5, 5.41) is 6.89. The summed E-state index contributed by atoms with van der Waals surface area (Å²) in [4.78, 5) is 13.2. The molecule has 1 saturated heterocycles. The number of pyridine rings is 1. The van der Waals surface area contributed by atoms with E-state index in [0.29, 0.717) is 6.04 Å². The highest BCUT2D eigenvalue weighted by atomic mass is 15.1. The number of nitrogens with one attached hydrogen (secondary N) is 2. The summed E-state index contributed by atoms with van der Waals surface area (Å²) in [6.45, 7) is 4.13. The first kappa shape index (κ1) is 13.0. The van der Waals surface area contributed by atoms with Crippen LogP contribution in [0.25, 0.3) is 11.4 Å². The molecule has 0 radical (unpaired) electrons. The van der Waals surface area contributed by atoms with E-state index in [1.807, 2.05) is 25.1 Å². The fourth-order valence-electron chi connectivity index (χ4n) is 2.44. The van der Waals surface area contributed by atoms with Crippen LogP contribution in [-0.4, -0.2) is 34.1 Å². The molecule has 1 aliphatic rings. The van der Waals surface area contributed by atoms with Gasteiger partial charge in [-0.05, 0) is 45.0 Å². The first-order valence-corrected chi connectivity index (χ1v) is 7.04. The van der Waals surface area contributed by atoms with E-state index >= 15 is 0 Å². The largest absolute Gasteiger partial charge is 0.367 e. The molecule has 5 heteroatoms. The van der Waals surface area contributed by atoms with Gasteiger partial charge in [-0.1, -0.05) is 0 Å². The average Bonchev–Trinajstić information content (AvgIpc) is 2.49. The zero-order chi connectivity index (χ0) is 13.8. The van der Waals surface area contributed by atoms with Gasteiger partial charge in [-0.2, -0.15) is 0 Å². The fraction of sp³-hybridized carbons (Fsp3) is 0.400. The molecular formula is C15H19N5. The third kappa shape index (κ3) is 3.11. The number of piperidine rings is 1. The van der Waals surface area contributed by atoms with Crippen molar-refractivity contribution in [3.8, 4) is 11.4 Å². The number of hydrogen-bond donors (Lipinski definition) is 2. The van der Waals surface area contributed by atoms with E-state index < -0.39 is 0 Å². The van der Waals surface area contributed by atoms with E-state index in [4.69, 9.17) is 0 Å². The van der Waals surface area contributed by atoms with Gasteiger partial charge < -0.3 is 10.6 Å². The van der Waals surface area contributed by atoms with Gasteiger partial charge >= 0.3 is 0 Å². The molecule has 0 atom stereocenters. The summed E-state index contributed by atoms with van der Waals surface area (Å²) in [6, 6.07) is 6.38. The third-order valence-corrected chi connectivity index (χ3v) is 3.47. The lowest BCUT2D eigenvalue weighted by molar-refractivity contribution is 0.478. The van der Waals surface area contributed by atoms with Gasteiger partial charge in [0.05, 0.1) is 0 Å². The highest BCUT2D eigenvalue weighted by Crippen LogP contribution is 2.18. The standard InChI is InChI=1S/C15H19N5/c1-11-9-14(19-13-4-7-16-8-5-13)20-15(18-11)12-3-2-6-17-10-12/h2-3,6,9-10,13,16H,4-5,7-8H2,1H3,(H,18,19,20). The van der Waals surface area contributed by atoms with Gasteiger partial charge in [-0.15, -0.1) is 0 Å². The van der Waals surface area contributed by atoms with E-state index in [0.717, 1.165) is 48.8 Å². The second kappa shape index (κ2) is 5.96. The van der Waals surface area contributed by atoms with Crippen molar-refractivity contribution in [2.24, 2.45) is 0 Å². The highest BCUT2D eigenvalue weighted by molar-refractivity contribution is 5.56. The van der Waals surface area contributed by atoms with Crippen molar-refractivity contribution in [1.82, 2.24) is 20.3 Å². The number of aromatic nitrogens is 3. The molecule has 2 aromatic heterocycles. The summed E-state index contributed by atoms with van der Waals surface area (Å²) in [5.41, 5.74) is 1.92. The van der Waals surface area contributed by atoms with Crippen molar-refractivity contribution < 1.29 is 0 Å². The zero-order valence-electron chi connectivity index (χ0n) is 11.6. The Morgan fingerprint density at radius 2 is 2.10 bits per heavy atom. The zero-order valence-corrected chi connectivity index (χ0v) is 11.6. The molecule has 104 valence electrons. The maximum Gasteiger partial charge on any atom is 0.163 e. The predicted octanol–water partition coefficient (Wildman–Crippen LogP) is 2.01. The molecule has 3 rings (SSSR count). The van der Waals surface area contributed by atoms with Crippen LogP contribution in [0.4, 0.5) is 5.82 Å². The Kier molecular flexibility index (Phi) is 3.87. The normalized spacial score (nSPS) is 16.1. The summed E-state index contributed by atoms with van der Waals surface area (Å²) >= 11 is 0. The van der Waals surface area contributed by atoms with Crippen LogP contribution in [0.5, 0.6) is 0 Å². The number of hydrogen-bond acceptors (Lipinski definition) is 5. The summed E-state index contributed by atoms with van der Waals surface area (Å²) in [7, 11) is 0. The maximum absolute atomic E-state index is 4.62. The Balaban J connectivity index is 1.83. The Morgan fingerprint density at radius 3 is 2.85 bits per heavy atom. The smallest absolute Gasteiger partial charge is 0.163 e. The molecule has 2 N–H and O–H groups in total. The van der Waals surface area contributed by atoms with Gasteiger partial charge in [-0.25, -0.2) is 9.97 Å². The molecule has 0 aromatic carbocycles. The van der Waals surface area contributed by atoms with Crippen LogP contribution in [0.1, 0.15) is 18.5 Å².